The number of aromatic nitrogens is 3. The molecule has 1 unspecified atom stereocenters. The van der Waals surface area contributed by atoms with Gasteiger partial charge in [-0.2, -0.15) is 5.10 Å². The van der Waals surface area contributed by atoms with Gasteiger partial charge in [0.1, 0.15) is 0 Å². The zero-order valence-electron chi connectivity index (χ0n) is 20.4. The zero-order valence-corrected chi connectivity index (χ0v) is 21.3. The van der Waals surface area contributed by atoms with Crippen molar-refractivity contribution in [3.8, 4) is 11.3 Å². The molecule has 0 saturated carbocycles. The van der Waals surface area contributed by atoms with Crippen LogP contribution in [0, 0.1) is 6.92 Å². The number of fused-ring (bicyclic) bond motifs is 2. The first-order valence-corrected chi connectivity index (χ1v) is 14.3. The Labute approximate surface area is 210 Å². The van der Waals surface area contributed by atoms with E-state index in [9.17, 15) is 13.2 Å². The summed E-state index contributed by atoms with van der Waals surface area (Å²) in [6.07, 6.45) is 2.26. The summed E-state index contributed by atoms with van der Waals surface area (Å²) in [5, 5.41) is 5.43. The first-order valence-electron chi connectivity index (χ1n) is 12.4. The summed E-state index contributed by atoms with van der Waals surface area (Å²) in [4.78, 5) is 20.9. The van der Waals surface area contributed by atoms with Crippen molar-refractivity contribution in [1.29, 1.82) is 0 Å². The highest BCUT2D eigenvalue weighted by Gasteiger charge is 2.34. The summed E-state index contributed by atoms with van der Waals surface area (Å²) in [7, 11) is -3.11. The van der Waals surface area contributed by atoms with Crippen LogP contribution in [0.25, 0.3) is 22.3 Å². The maximum atomic E-state index is 14.1. The summed E-state index contributed by atoms with van der Waals surface area (Å²) in [5.74, 6) is 0.107. The third-order valence-corrected chi connectivity index (χ3v) is 9.16. The molecule has 4 aromatic rings. The van der Waals surface area contributed by atoms with Crippen LogP contribution in [0.4, 0.5) is 5.69 Å². The van der Waals surface area contributed by atoms with Crippen molar-refractivity contribution in [3.05, 3.63) is 77.0 Å². The minimum atomic E-state index is -3.11. The summed E-state index contributed by atoms with van der Waals surface area (Å²) >= 11 is 0. The van der Waals surface area contributed by atoms with Gasteiger partial charge in [0.15, 0.2) is 15.5 Å². The van der Waals surface area contributed by atoms with E-state index in [2.05, 4.69) is 25.1 Å². The minimum absolute atomic E-state index is 0.0447. The summed E-state index contributed by atoms with van der Waals surface area (Å²) < 4.78 is 26.2. The summed E-state index contributed by atoms with van der Waals surface area (Å²) in [6, 6.07) is 17.8. The van der Waals surface area contributed by atoms with Crippen molar-refractivity contribution in [2.75, 3.05) is 23.0 Å². The molecular formula is C28H28N4O3S. The van der Waals surface area contributed by atoms with Gasteiger partial charge >= 0.3 is 0 Å². The van der Waals surface area contributed by atoms with Gasteiger partial charge in [0, 0.05) is 17.8 Å². The molecule has 1 fully saturated rings. The topological polar surface area (TPSA) is 85.2 Å². The molecule has 6 rings (SSSR count). The van der Waals surface area contributed by atoms with Crippen molar-refractivity contribution in [1.82, 2.24) is 14.8 Å². The quantitative estimate of drug-likeness (QED) is 0.411. The van der Waals surface area contributed by atoms with Crippen LogP contribution in [0.5, 0.6) is 0 Å². The molecule has 36 heavy (non-hydrogen) atoms. The molecule has 0 aliphatic carbocycles. The van der Waals surface area contributed by atoms with E-state index in [1.54, 1.807) is 4.68 Å². The number of benzene rings is 2. The van der Waals surface area contributed by atoms with Crippen LogP contribution in [0.1, 0.15) is 46.6 Å². The third kappa shape index (κ3) is 3.80. The van der Waals surface area contributed by atoms with Crippen LogP contribution in [0.15, 0.2) is 54.6 Å². The number of anilines is 1. The van der Waals surface area contributed by atoms with Gasteiger partial charge < -0.3 is 4.90 Å². The molecule has 0 radical (unpaired) electrons. The molecule has 1 saturated heterocycles. The van der Waals surface area contributed by atoms with Gasteiger partial charge in [-0.05, 0) is 49.4 Å². The van der Waals surface area contributed by atoms with E-state index in [1.165, 1.54) is 5.56 Å². The second kappa shape index (κ2) is 8.55. The number of hydrogen-bond donors (Lipinski definition) is 0. The highest BCUT2D eigenvalue weighted by molar-refractivity contribution is 7.91. The number of sulfone groups is 1. The molecule has 4 heterocycles. The number of amides is 1. The van der Waals surface area contributed by atoms with Crippen LogP contribution in [0.2, 0.25) is 0 Å². The highest BCUT2D eigenvalue weighted by Crippen LogP contribution is 2.35. The van der Waals surface area contributed by atoms with Crippen LogP contribution >= 0.6 is 0 Å². The predicted octanol–water partition coefficient (Wildman–Crippen LogP) is 4.53. The third-order valence-electron chi connectivity index (χ3n) is 7.41. The molecular weight excluding hydrogens is 472 g/mol. The van der Waals surface area contributed by atoms with E-state index >= 15 is 0 Å². The fourth-order valence-electron chi connectivity index (χ4n) is 5.46. The molecule has 2 aromatic carbocycles. The average Bonchev–Trinajstić information content (AvgIpc) is 3.58. The van der Waals surface area contributed by atoms with Crippen molar-refractivity contribution in [3.63, 3.8) is 0 Å². The Morgan fingerprint density at radius 2 is 1.89 bits per heavy atom. The smallest absolute Gasteiger partial charge is 0.259 e. The minimum Gasteiger partial charge on any atom is -0.308 e. The van der Waals surface area contributed by atoms with E-state index in [4.69, 9.17) is 10.1 Å². The molecule has 8 heteroatoms. The number of carbonyl (C=O) groups is 1. The summed E-state index contributed by atoms with van der Waals surface area (Å²) in [6.45, 7) is 4.60. The lowest BCUT2D eigenvalue weighted by Crippen LogP contribution is -2.29. The number of aryl methyl sites for hydroxylation is 2. The second-order valence-corrected chi connectivity index (χ2v) is 12.0. The fourth-order valence-corrected chi connectivity index (χ4v) is 7.15. The maximum absolute atomic E-state index is 14.1. The molecule has 0 N–H and O–H groups in total. The Kier molecular flexibility index (Phi) is 5.44. The SMILES string of the molecule is CCc1ccc(-c2cc(C(=O)N3CCc4ccccc43)c3c(C)nn(C4CCS(=O)(=O)C4)c3n2)cc1. The van der Waals surface area contributed by atoms with Gasteiger partial charge in [0.2, 0.25) is 0 Å². The molecule has 0 spiro atoms. The lowest BCUT2D eigenvalue weighted by molar-refractivity contribution is 0.0991. The van der Waals surface area contributed by atoms with Gasteiger partial charge in [0.25, 0.3) is 5.91 Å². The molecule has 1 amide bonds. The molecule has 0 bridgehead atoms. The molecule has 184 valence electrons. The first-order chi connectivity index (χ1) is 17.3. The maximum Gasteiger partial charge on any atom is 0.259 e. The molecule has 2 aliphatic heterocycles. The zero-order chi connectivity index (χ0) is 25.0. The number of nitrogens with zero attached hydrogens (tertiary/aromatic N) is 4. The van der Waals surface area contributed by atoms with Gasteiger partial charge in [0.05, 0.1) is 39.9 Å². The lowest BCUT2D eigenvalue weighted by Gasteiger charge is -2.19. The Balaban J connectivity index is 1.54. The number of rotatable bonds is 4. The van der Waals surface area contributed by atoms with Crippen molar-refractivity contribution in [2.24, 2.45) is 0 Å². The monoisotopic (exact) mass is 500 g/mol. The van der Waals surface area contributed by atoms with Crippen LogP contribution in [0.3, 0.4) is 0 Å². The Bertz CT molecular complexity index is 1610. The number of carbonyl (C=O) groups excluding carboxylic acids is 1. The number of para-hydroxylation sites is 1. The summed E-state index contributed by atoms with van der Waals surface area (Å²) in [5.41, 5.74) is 6.73. The Morgan fingerprint density at radius 3 is 2.61 bits per heavy atom. The second-order valence-electron chi connectivity index (χ2n) is 9.73. The van der Waals surface area contributed by atoms with Gasteiger partial charge in [-0.3, -0.25) is 4.79 Å². The molecule has 2 aromatic heterocycles. The standard InChI is InChI=1S/C28H28N4O3S/c1-3-19-8-10-20(11-9-19)24-16-23(28(33)31-14-12-21-6-4-5-7-25(21)31)26-18(2)30-32(27(26)29-24)22-13-15-36(34,35)17-22/h4-11,16,22H,3,12-15,17H2,1-2H3. The first kappa shape index (κ1) is 22.9. The Hall–Kier alpha value is -3.52. The molecule has 1 atom stereocenters. The van der Waals surface area contributed by atoms with E-state index in [-0.39, 0.29) is 23.5 Å². The van der Waals surface area contributed by atoms with Crippen LogP contribution in [-0.2, 0) is 22.7 Å². The van der Waals surface area contributed by atoms with Crippen molar-refractivity contribution in [2.45, 2.75) is 39.2 Å². The molecule has 2 aliphatic rings. The largest absolute Gasteiger partial charge is 0.308 e. The molecule has 7 nitrogen and oxygen atoms in total. The van der Waals surface area contributed by atoms with E-state index in [0.717, 1.165) is 29.7 Å². The van der Waals surface area contributed by atoms with Crippen molar-refractivity contribution < 1.29 is 13.2 Å². The normalized spacial score (nSPS) is 18.6. The predicted molar refractivity (Wildman–Crippen MR) is 141 cm³/mol. The van der Waals surface area contributed by atoms with Crippen LogP contribution < -0.4 is 4.90 Å². The number of pyridine rings is 1. The number of hydrogen-bond acceptors (Lipinski definition) is 5. The highest BCUT2D eigenvalue weighted by atomic mass is 32.2. The Morgan fingerprint density at radius 1 is 1.11 bits per heavy atom. The van der Waals surface area contributed by atoms with Crippen LogP contribution in [-0.4, -0.2) is 47.1 Å². The van der Waals surface area contributed by atoms with E-state index in [0.29, 0.717) is 41.0 Å². The van der Waals surface area contributed by atoms with Gasteiger partial charge in [-0.15, -0.1) is 0 Å². The average molecular weight is 501 g/mol. The van der Waals surface area contributed by atoms with E-state index < -0.39 is 9.84 Å². The van der Waals surface area contributed by atoms with E-state index in [1.807, 2.05) is 48.2 Å². The lowest BCUT2D eigenvalue weighted by atomic mass is 10.0. The fraction of sp³-hybridized carbons (Fsp3) is 0.321. The van der Waals surface area contributed by atoms with Gasteiger partial charge in [-0.1, -0.05) is 49.4 Å². The van der Waals surface area contributed by atoms with Gasteiger partial charge in [-0.25, -0.2) is 18.1 Å². The van der Waals surface area contributed by atoms with Crippen molar-refractivity contribution >= 4 is 32.5 Å².